The van der Waals surface area contributed by atoms with Crippen LogP contribution in [0.15, 0.2) is 208 Å². The molecule has 0 radical (unpaired) electrons. The van der Waals surface area contributed by atoms with E-state index in [0.717, 1.165) is 98.9 Å². The van der Waals surface area contributed by atoms with Gasteiger partial charge in [-0.1, -0.05) is 97.1 Å². The highest BCUT2D eigenvalue weighted by Crippen LogP contribution is 2.43. The molecule has 13 rings (SSSR count). The topological polar surface area (TPSA) is 71.7 Å². The number of hydrogen-bond acceptors (Lipinski definition) is 7. The Bertz CT molecular complexity index is 3630. The van der Waals surface area contributed by atoms with E-state index in [9.17, 15) is 0 Å². The number of rotatable bonds is 6. The molecule has 7 nitrogen and oxygen atoms in total. The zero-order chi connectivity index (χ0) is 40.0. The first-order valence-electron chi connectivity index (χ1n) is 20.3. The van der Waals surface area contributed by atoms with Gasteiger partial charge < -0.3 is 13.3 Å². The highest BCUT2D eigenvalue weighted by molar-refractivity contribution is 6.09. The van der Waals surface area contributed by atoms with Crippen molar-refractivity contribution in [2.24, 2.45) is 0 Å². The standard InChI is InChI=1S/C54H32N4O3/c1-3-11-35-25-37(19-17-33(35)9-1)57(39-21-23-43-41-13-5-7-15-47(41)59-49(43)27-39)53-29-51-45(31-55-53)46-32-56-54(30-52(46)61-51)58(38-20-18-34-10-2-4-12-36(34)26-38)40-22-24-44-42-14-6-8-16-48(42)60-50(44)28-40/h1-32H. The summed E-state index contributed by atoms with van der Waals surface area (Å²) < 4.78 is 19.5. The van der Waals surface area contributed by atoms with Crippen molar-refractivity contribution in [3.8, 4) is 0 Å². The number of aromatic nitrogens is 2. The van der Waals surface area contributed by atoms with Gasteiger partial charge in [0.1, 0.15) is 45.1 Å². The molecule has 0 aliphatic heterocycles. The summed E-state index contributed by atoms with van der Waals surface area (Å²) in [5.74, 6) is 1.42. The van der Waals surface area contributed by atoms with E-state index in [-0.39, 0.29) is 0 Å². The molecule has 5 aromatic heterocycles. The Morgan fingerprint density at radius 1 is 0.279 bits per heavy atom. The molecule has 0 saturated heterocycles. The average molecular weight is 785 g/mol. The monoisotopic (exact) mass is 784 g/mol. The minimum absolute atomic E-state index is 0.704. The first kappa shape index (κ1) is 33.5. The minimum Gasteiger partial charge on any atom is -0.456 e. The number of anilines is 6. The molecule has 0 spiro atoms. The van der Waals surface area contributed by atoms with Crippen LogP contribution in [0.5, 0.6) is 0 Å². The molecule has 5 heterocycles. The molecule has 13 aromatic rings. The number of hydrogen-bond donors (Lipinski definition) is 0. The third-order valence-electron chi connectivity index (χ3n) is 11.9. The fourth-order valence-electron chi connectivity index (χ4n) is 8.96. The van der Waals surface area contributed by atoms with Crippen LogP contribution < -0.4 is 9.80 Å². The maximum absolute atomic E-state index is 6.77. The summed E-state index contributed by atoms with van der Waals surface area (Å²) in [6.45, 7) is 0. The minimum atomic E-state index is 0.704. The van der Waals surface area contributed by atoms with Crippen molar-refractivity contribution in [1.29, 1.82) is 0 Å². The SMILES string of the molecule is c1ccc2cc(N(c3ccc4c(c3)oc3ccccc34)c3cc4oc5cc(N(c6ccc7ccccc7c6)c6ccc7c(c6)oc6ccccc67)ncc5c4cn3)ccc2c1. The van der Waals surface area contributed by atoms with Crippen molar-refractivity contribution in [3.05, 3.63) is 194 Å². The van der Waals surface area contributed by atoms with Crippen LogP contribution in [-0.4, -0.2) is 9.97 Å². The Balaban J connectivity index is 0.961. The van der Waals surface area contributed by atoms with E-state index < -0.39 is 0 Å². The Morgan fingerprint density at radius 2 is 0.639 bits per heavy atom. The molecular formula is C54H32N4O3. The molecule has 286 valence electrons. The molecule has 0 unspecified atom stereocenters. The van der Waals surface area contributed by atoms with Gasteiger partial charge >= 0.3 is 0 Å². The highest BCUT2D eigenvalue weighted by atomic mass is 16.3. The third kappa shape index (κ3) is 5.38. The molecule has 0 saturated carbocycles. The number of benzene rings is 8. The van der Waals surface area contributed by atoms with Gasteiger partial charge in [-0.3, -0.25) is 9.80 Å². The lowest BCUT2D eigenvalue weighted by molar-refractivity contribution is 0.668. The second-order valence-corrected chi connectivity index (χ2v) is 15.5. The number of fused-ring (bicyclic) bond motifs is 11. The summed E-state index contributed by atoms with van der Waals surface area (Å²) >= 11 is 0. The van der Waals surface area contributed by atoms with E-state index in [1.165, 1.54) is 0 Å². The van der Waals surface area contributed by atoms with Gasteiger partial charge in [-0.2, -0.15) is 0 Å². The lowest BCUT2D eigenvalue weighted by Gasteiger charge is -2.24. The molecule has 61 heavy (non-hydrogen) atoms. The average Bonchev–Trinajstić information content (AvgIpc) is 3.99. The lowest BCUT2D eigenvalue weighted by atomic mass is 10.1. The van der Waals surface area contributed by atoms with Crippen LogP contribution in [0, 0.1) is 0 Å². The molecule has 0 bridgehead atoms. The summed E-state index contributed by atoms with van der Waals surface area (Å²) in [5.41, 5.74) is 8.51. The number of pyridine rings is 2. The van der Waals surface area contributed by atoms with Gasteiger partial charge in [-0.05, 0) is 82.2 Å². The van der Waals surface area contributed by atoms with Gasteiger partial charge in [0, 0.05) is 80.4 Å². The van der Waals surface area contributed by atoms with Crippen LogP contribution in [0.3, 0.4) is 0 Å². The van der Waals surface area contributed by atoms with Gasteiger partial charge in [0.2, 0.25) is 0 Å². The first-order chi connectivity index (χ1) is 30.2. The van der Waals surface area contributed by atoms with E-state index in [1.54, 1.807) is 0 Å². The summed E-state index contributed by atoms with van der Waals surface area (Å²) in [6, 6.07) is 62.8. The van der Waals surface area contributed by atoms with Crippen molar-refractivity contribution in [1.82, 2.24) is 9.97 Å². The van der Waals surface area contributed by atoms with Crippen molar-refractivity contribution in [2.45, 2.75) is 0 Å². The van der Waals surface area contributed by atoms with Crippen LogP contribution in [0.1, 0.15) is 0 Å². The fourth-order valence-corrected chi connectivity index (χ4v) is 8.96. The summed E-state index contributed by atoms with van der Waals surface area (Å²) in [4.78, 5) is 14.5. The van der Waals surface area contributed by atoms with Crippen molar-refractivity contribution in [3.63, 3.8) is 0 Å². The van der Waals surface area contributed by atoms with E-state index in [2.05, 4.69) is 143 Å². The predicted molar refractivity (Wildman–Crippen MR) is 248 cm³/mol. The maximum Gasteiger partial charge on any atom is 0.141 e. The molecule has 0 fully saturated rings. The van der Waals surface area contributed by atoms with E-state index in [1.807, 2.05) is 60.9 Å². The van der Waals surface area contributed by atoms with Gasteiger partial charge in [0.15, 0.2) is 0 Å². The molecule has 0 aliphatic carbocycles. The molecule has 0 N–H and O–H groups in total. The quantitative estimate of drug-likeness (QED) is 0.166. The second-order valence-electron chi connectivity index (χ2n) is 15.5. The molecular weight excluding hydrogens is 753 g/mol. The smallest absolute Gasteiger partial charge is 0.141 e. The Hall–Kier alpha value is -8.42. The van der Waals surface area contributed by atoms with Crippen molar-refractivity contribution in [2.75, 3.05) is 9.80 Å². The number of para-hydroxylation sites is 2. The highest BCUT2D eigenvalue weighted by Gasteiger charge is 2.22. The molecule has 8 aromatic carbocycles. The zero-order valence-electron chi connectivity index (χ0n) is 32.5. The Labute approximate surface area is 347 Å². The van der Waals surface area contributed by atoms with Gasteiger partial charge in [-0.25, -0.2) is 9.97 Å². The first-order valence-corrected chi connectivity index (χ1v) is 20.3. The Kier molecular flexibility index (Phi) is 7.17. The Morgan fingerprint density at radius 3 is 1.13 bits per heavy atom. The second kappa shape index (κ2) is 13.0. The van der Waals surface area contributed by atoms with Crippen LogP contribution in [0.25, 0.3) is 87.4 Å². The number of nitrogens with zero attached hydrogens (tertiary/aromatic N) is 4. The van der Waals surface area contributed by atoms with Gasteiger partial charge in [0.05, 0.1) is 11.4 Å². The van der Waals surface area contributed by atoms with Crippen LogP contribution in [-0.2, 0) is 0 Å². The van der Waals surface area contributed by atoms with Gasteiger partial charge in [-0.15, -0.1) is 0 Å². The maximum atomic E-state index is 6.77. The van der Waals surface area contributed by atoms with Crippen LogP contribution in [0.4, 0.5) is 34.4 Å². The molecule has 0 amide bonds. The molecule has 7 heteroatoms. The number of furan rings is 3. The van der Waals surface area contributed by atoms with E-state index >= 15 is 0 Å². The van der Waals surface area contributed by atoms with Crippen LogP contribution in [0.2, 0.25) is 0 Å². The summed E-state index contributed by atoms with van der Waals surface area (Å²) in [7, 11) is 0. The molecule has 0 atom stereocenters. The third-order valence-corrected chi connectivity index (χ3v) is 11.9. The fraction of sp³-hybridized carbons (Fsp3) is 0. The van der Waals surface area contributed by atoms with E-state index in [4.69, 9.17) is 23.2 Å². The normalized spacial score (nSPS) is 11.9. The largest absolute Gasteiger partial charge is 0.456 e. The summed E-state index contributed by atoms with van der Waals surface area (Å²) in [6.07, 6.45) is 3.78. The van der Waals surface area contributed by atoms with Crippen molar-refractivity contribution < 1.29 is 13.3 Å². The van der Waals surface area contributed by atoms with E-state index in [0.29, 0.717) is 22.8 Å². The summed E-state index contributed by atoms with van der Waals surface area (Å²) in [5, 5.41) is 10.7. The van der Waals surface area contributed by atoms with Crippen LogP contribution >= 0.6 is 0 Å². The van der Waals surface area contributed by atoms with Crippen molar-refractivity contribution >= 4 is 122 Å². The molecule has 0 aliphatic rings. The zero-order valence-corrected chi connectivity index (χ0v) is 32.5. The lowest BCUT2D eigenvalue weighted by Crippen LogP contribution is -2.11. The van der Waals surface area contributed by atoms with Gasteiger partial charge in [0.25, 0.3) is 0 Å². The predicted octanol–water partition coefficient (Wildman–Crippen LogP) is 15.4.